The number of nitrogens with zero attached hydrogens (tertiary/aromatic N) is 2. The van der Waals surface area contributed by atoms with Gasteiger partial charge in [0.2, 0.25) is 5.91 Å². The van der Waals surface area contributed by atoms with Gasteiger partial charge in [-0.3, -0.25) is 9.59 Å². The lowest BCUT2D eigenvalue weighted by molar-refractivity contribution is -0.219. The number of ketones is 1. The van der Waals surface area contributed by atoms with Crippen LogP contribution in [-0.2, 0) is 19.0 Å². The Morgan fingerprint density at radius 3 is 2.22 bits per heavy atom. The van der Waals surface area contributed by atoms with E-state index in [1.54, 1.807) is 29.2 Å². The molecule has 3 fully saturated rings. The van der Waals surface area contributed by atoms with Crippen molar-refractivity contribution in [2.24, 2.45) is 0 Å². The molecule has 5 rings (SSSR count). The summed E-state index contributed by atoms with van der Waals surface area (Å²) in [4.78, 5) is 43.2. The number of anilines is 1. The van der Waals surface area contributed by atoms with Crippen LogP contribution in [-0.4, -0.2) is 65.6 Å². The summed E-state index contributed by atoms with van der Waals surface area (Å²) in [7, 11) is 0. The van der Waals surface area contributed by atoms with Crippen molar-refractivity contribution < 1.29 is 33.3 Å². The molecule has 3 saturated heterocycles. The molecule has 0 aliphatic carbocycles. The number of hydrogen-bond donors (Lipinski definition) is 0. The molecule has 3 unspecified atom stereocenters. The maximum atomic E-state index is 14.3. The van der Waals surface area contributed by atoms with Crippen LogP contribution in [0, 0.1) is 0 Å². The van der Waals surface area contributed by atoms with Crippen molar-refractivity contribution in [2.75, 3.05) is 11.4 Å². The number of urea groups is 1. The molecule has 9 nitrogen and oxygen atoms in total. The van der Waals surface area contributed by atoms with Gasteiger partial charge in [0.25, 0.3) is 0 Å². The standard InChI is InChI=1S/C37H50N2O7/c1-5-6-7-8-9-10-11-12-13-17-23-38-30(25-31(41)39(36(38)42)28-20-18-19-27(24-28)26(2)40)32-33(43-29-21-15-14-16-22-29)34-35(44-32)46-37(3,4)45-34/h14-16,18-22,24,30,32-35H,5-13,17,23,25H2,1-4H3/t30-,32?,33-,34?,35?/m0/s1. The Kier molecular flexibility index (Phi) is 11.5. The van der Waals surface area contributed by atoms with Crippen LogP contribution in [0.2, 0.25) is 0 Å². The molecule has 2 aromatic rings. The molecule has 0 aromatic heterocycles. The number of fused-ring (bicyclic) bond motifs is 1. The number of hydrogen-bond acceptors (Lipinski definition) is 7. The van der Waals surface area contributed by atoms with Gasteiger partial charge in [-0.2, -0.15) is 0 Å². The Bertz CT molecular complexity index is 1330. The summed E-state index contributed by atoms with van der Waals surface area (Å²) in [5, 5.41) is 0. The van der Waals surface area contributed by atoms with Crippen LogP contribution in [0.15, 0.2) is 54.6 Å². The van der Waals surface area contributed by atoms with Gasteiger partial charge < -0.3 is 23.8 Å². The summed E-state index contributed by atoms with van der Waals surface area (Å²) in [6, 6.07) is 15.1. The molecule has 0 saturated carbocycles. The van der Waals surface area contributed by atoms with E-state index in [1.165, 1.54) is 56.8 Å². The molecule has 3 amide bonds. The predicted octanol–water partition coefficient (Wildman–Crippen LogP) is 7.66. The quantitative estimate of drug-likeness (QED) is 0.138. The first-order valence-corrected chi connectivity index (χ1v) is 17.2. The third-order valence-electron chi connectivity index (χ3n) is 9.16. The van der Waals surface area contributed by atoms with Gasteiger partial charge in [0.15, 0.2) is 30.1 Å². The highest BCUT2D eigenvalue weighted by molar-refractivity contribution is 6.16. The van der Waals surface area contributed by atoms with E-state index >= 15 is 0 Å². The Hall–Kier alpha value is -3.27. The zero-order valence-electron chi connectivity index (χ0n) is 27.8. The number of Topliss-reactive ketones (excluding diaryl/α,β-unsaturated/α-hetero) is 1. The van der Waals surface area contributed by atoms with Gasteiger partial charge in [-0.1, -0.05) is 95.0 Å². The van der Waals surface area contributed by atoms with Crippen molar-refractivity contribution in [1.29, 1.82) is 0 Å². The van der Waals surface area contributed by atoms with Crippen LogP contribution in [0.1, 0.15) is 109 Å². The molecule has 0 radical (unpaired) electrons. The van der Waals surface area contributed by atoms with Crippen molar-refractivity contribution >= 4 is 23.4 Å². The first kappa shape index (κ1) is 34.1. The van der Waals surface area contributed by atoms with Gasteiger partial charge in [-0.25, -0.2) is 9.69 Å². The SMILES string of the molecule is CCCCCCCCCCCCN1C(=O)N(c2cccc(C(C)=O)c2)C(=O)C[C@H]1C1OC2OC(C)(C)OC2[C@H]1Oc1ccccc1. The molecule has 3 aliphatic rings. The maximum Gasteiger partial charge on any atom is 0.331 e. The van der Waals surface area contributed by atoms with E-state index in [9.17, 15) is 14.4 Å². The van der Waals surface area contributed by atoms with Gasteiger partial charge >= 0.3 is 6.03 Å². The molecule has 0 bridgehead atoms. The van der Waals surface area contributed by atoms with E-state index in [-0.39, 0.29) is 18.1 Å². The zero-order chi connectivity index (χ0) is 32.7. The molecular weight excluding hydrogens is 584 g/mol. The van der Waals surface area contributed by atoms with Gasteiger partial charge in [0.1, 0.15) is 11.9 Å². The minimum atomic E-state index is -0.856. The van der Waals surface area contributed by atoms with E-state index in [0.29, 0.717) is 23.5 Å². The number of imide groups is 1. The lowest BCUT2D eigenvalue weighted by Crippen LogP contribution is -2.63. The number of amides is 3. The third-order valence-corrected chi connectivity index (χ3v) is 9.16. The highest BCUT2D eigenvalue weighted by Crippen LogP contribution is 2.42. The minimum Gasteiger partial charge on any atom is -0.485 e. The average molecular weight is 635 g/mol. The molecule has 3 aliphatic heterocycles. The van der Waals surface area contributed by atoms with Crippen LogP contribution in [0.4, 0.5) is 10.5 Å². The summed E-state index contributed by atoms with van der Waals surface area (Å²) in [5.74, 6) is -0.692. The number of rotatable bonds is 16. The Balaban J connectivity index is 1.34. The molecular formula is C37H50N2O7. The van der Waals surface area contributed by atoms with Gasteiger partial charge in [-0.05, 0) is 51.5 Å². The fourth-order valence-electron chi connectivity index (χ4n) is 6.80. The first-order chi connectivity index (χ1) is 22.2. The van der Waals surface area contributed by atoms with Crippen molar-refractivity contribution in [3.63, 3.8) is 0 Å². The highest BCUT2D eigenvalue weighted by atomic mass is 16.8. The highest BCUT2D eigenvalue weighted by Gasteiger charge is 2.60. The Labute approximate surface area is 273 Å². The van der Waals surface area contributed by atoms with Crippen molar-refractivity contribution in [1.82, 2.24) is 4.90 Å². The molecule has 0 spiro atoms. The van der Waals surface area contributed by atoms with Gasteiger partial charge in [0.05, 0.1) is 18.2 Å². The largest absolute Gasteiger partial charge is 0.485 e. The van der Waals surface area contributed by atoms with Crippen LogP contribution in [0.5, 0.6) is 5.75 Å². The molecule has 9 heteroatoms. The van der Waals surface area contributed by atoms with Crippen LogP contribution >= 0.6 is 0 Å². The lowest BCUT2D eigenvalue weighted by atomic mass is 9.95. The monoisotopic (exact) mass is 634 g/mol. The van der Waals surface area contributed by atoms with Crippen molar-refractivity contribution in [3.05, 3.63) is 60.2 Å². The van der Waals surface area contributed by atoms with Crippen molar-refractivity contribution in [2.45, 2.75) is 135 Å². The summed E-state index contributed by atoms with van der Waals surface area (Å²) in [5.41, 5.74) is 0.839. The number of para-hydroxylation sites is 1. The van der Waals surface area contributed by atoms with Crippen LogP contribution < -0.4 is 9.64 Å². The maximum absolute atomic E-state index is 14.3. The molecule has 250 valence electrons. The zero-order valence-corrected chi connectivity index (χ0v) is 27.8. The molecule has 5 atom stereocenters. The smallest absolute Gasteiger partial charge is 0.331 e. The molecule has 46 heavy (non-hydrogen) atoms. The summed E-state index contributed by atoms with van der Waals surface area (Å²) in [6.45, 7) is 7.85. The van der Waals surface area contributed by atoms with Gasteiger partial charge in [-0.15, -0.1) is 0 Å². The van der Waals surface area contributed by atoms with Crippen LogP contribution in [0.3, 0.4) is 0 Å². The number of unbranched alkanes of at least 4 members (excludes halogenated alkanes) is 9. The third kappa shape index (κ3) is 8.17. The van der Waals surface area contributed by atoms with E-state index in [0.717, 1.165) is 19.3 Å². The normalized spacial score (nSPS) is 25.6. The second kappa shape index (κ2) is 15.5. The lowest BCUT2D eigenvalue weighted by Gasteiger charge is -2.43. The molecule has 0 N–H and O–H groups in total. The Morgan fingerprint density at radius 2 is 1.54 bits per heavy atom. The average Bonchev–Trinajstić information content (AvgIpc) is 3.51. The topological polar surface area (TPSA) is 94.6 Å². The summed E-state index contributed by atoms with van der Waals surface area (Å²) >= 11 is 0. The Morgan fingerprint density at radius 1 is 0.870 bits per heavy atom. The number of ether oxygens (including phenoxy) is 4. The van der Waals surface area contributed by atoms with Crippen LogP contribution in [0.25, 0.3) is 0 Å². The van der Waals surface area contributed by atoms with E-state index < -0.39 is 42.5 Å². The van der Waals surface area contributed by atoms with Crippen molar-refractivity contribution in [3.8, 4) is 5.75 Å². The number of carbonyl (C=O) groups is 3. The summed E-state index contributed by atoms with van der Waals surface area (Å²) in [6.07, 6.45) is 9.30. The first-order valence-electron chi connectivity index (χ1n) is 17.2. The molecule has 2 aromatic carbocycles. The second-order valence-electron chi connectivity index (χ2n) is 13.2. The minimum absolute atomic E-state index is 0.0376. The number of benzene rings is 2. The van der Waals surface area contributed by atoms with Gasteiger partial charge in [0, 0.05) is 12.1 Å². The number of carbonyl (C=O) groups excluding carboxylic acids is 3. The second-order valence-corrected chi connectivity index (χ2v) is 13.2. The van der Waals surface area contributed by atoms with E-state index in [4.69, 9.17) is 18.9 Å². The fourth-order valence-corrected chi connectivity index (χ4v) is 6.80. The fraction of sp³-hybridized carbons (Fsp3) is 0.595. The van der Waals surface area contributed by atoms with E-state index in [2.05, 4.69) is 6.92 Å². The molecule has 3 heterocycles. The predicted molar refractivity (Wildman–Crippen MR) is 176 cm³/mol. The summed E-state index contributed by atoms with van der Waals surface area (Å²) < 4.78 is 25.3. The van der Waals surface area contributed by atoms with E-state index in [1.807, 2.05) is 44.2 Å².